The summed E-state index contributed by atoms with van der Waals surface area (Å²) in [5.41, 5.74) is 11.4. The van der Waals surface area contributed by atoms with Crippen LogP contribution in [0.5, 0.6) is 23.0 Å². The first-order valence-corrected chi connectivity index (χ1v) is 52.3. The van der Waals surface area contributed by atoms with Gasteiger partial charge in [-0.2, -0.15) is 0 Å². The normalized spacial score (nSPS) is 12.4. The maximum Gasteiger partial charge on any atom is 0.346 e. The van der Waals surface area contributed by atoms with Gasteiger partial charge in [-0.15, -0.1) is 0 Å². The molecule has 0 radical (unpaired) electrons. The van der Waals surface area contributed by atoms with Gasteiger partial charge in [0.25, 0.3) is 0 Å². The summed E-state index contributed by atoms with van der Waals surface area (Å²) in [6, 6.07) is 153. The zero-order chi connectivity index (χ0) is 88.2. The van der Waals surface area contributed by atoms with Gasteiger partial charge in [0, 0.05) is 11.8 Å². The number of benzene rings is 16. The Labute approximate surface area is 754 Å². The lowest BCUT2D eigenvalue weighted by molar-refractivity contribution is 0.506. The second-order valence-corrected chi connectivity index (χ2v) is 51.5. The topological polar surface area (TPSA) is 36.9 Å². The summed E-state index contributed by atoms with van der Waals surface area (Å²) in [6.07, 6.45) is 0. The van der Waals surface area contributed by atoms with E-state index in [0.29, 0.717) is 0 Å². The molecule has 0 atom stereocenters. The molecule has 8 heteroatoms. The first-order chi connectivity index (χ1) is 60.6. The monoisotopic (exact) mass is 1710 g/mol. The van der Waals surface area contributed by atoms with Gasteiger partial charge in [-0.25, -0.2) is 0 Å². The van der Waals surface area contributed by atoms with Gasteiger partial charge in [-0.1, -0.05) is 496 Å². The molecule has 126 heavy (non-hydrogen) atoms. The van der Waals surface area contributed by atoms with Gasteiger partial charge < -0.3 is 17.7 Å². The fourth-order valence-corrected chi connectivity index (χ4v) is 34.9. The van der Waals surface area contributed by atoms with Gasteiger partial charge in [0.05, 0.1) is 0 Å². The van der Waals surface area contributed by atoms with Gasteiger partial charge in [-0.05, 0) is 178 Å². The highest BCUT2D eigenvalue weighted by Crippen LogP contribution is 2.53. The van der Waals surface area contributed by atoms with Crippen molar-refractivity contribution >= 4 is 95.5 Å². The van der Waals surface area contributed by atoms with Crippen LogP contribution in [0.3, 0.4) is 0 Å². The largest absolute Gasteiger partial charge is 0.530 e. The smallest absolute Gasteiger partial charge is 0.346 e. The summed E-state index contributed by atoms with van der Waals surface area (Å²) in [5.74, 6) is 2.73. The van der Waals surface area contributed by atoms with Gasteiger partial charge in [0.15, 0.2) is 0 Å². The second-order valence-electron chi connectivity index (χ2n) is 38.3. The van der Waals surface area contributed by atoms with Crippen LogP contribution in [0, 0.1) is 27.7 Å². The zero-order valence-corrected chi connectivity index (χ0v) is 80.0. The Hall–Kier alpha value is -12.4. The van der Waals surface area contributed by atoms with Crippen molar-refractivity contribution in [1.82, 2.24) is 0 Å². The maximum atomic E-state index is 8.51. The van der Waals surface area contributed by atoms with Crippen molar-refractivity contribution in [3.8, 4) is 23.0 Å². The molecule has 0 aliphatic rings. The molecule has 0 amide bonds. The van der Waals surface area contributed by atoms with Crippen molar-refractivity contribution in [2.24, 2.45) is 0 Å². The van der Waals surface area contributed by atoms with Crippen LogP contribution in [0.25, 0.3) is 0 Å². The Balaban J connectivity index is 1.04. The van der Waals surface area contributed by atoms with E-state index in [1.54, 1.807) is 0 Å². The number of aryl methyl sites for hydroxylation is 4. The Bertz CT molecular complexity index is 5200. The average Bonchev–Trinajstić information content (AvgIpc) is 0.372. The summed E-state index contributed by atoms with van der Waals surface area (Å²) in [5, 5.41) is 14.0. The van der Waals surface area contributed by atoms with E-state index in [2.05, 4.69) is 523 Å². The summed E-state index contributed by atoms with van der Waals surface area (Å²) in [6.45, 7) is 37.8. The highest BCUT2D eigenvalue weighted by atomic mass is 28.4. The number of hydrogen-bond acceptors (Lipinski definition) is 4. The molecular weight excluding hydrogens is 1590 g/mol. The molecule has 16 aromatic rings. The van der Waals surface area contributed by atoms with Crippen molar-refractivity contribution in [3.63, 3.8) is 0 Å². The summed E-state index contributed by atoms with van der Waals surface area (Å²) >= 11 is 0. The van der Waals surface area contributed by atoms with Crippen LogP contribution in [-0.4, -0.2) is 33.3 Å². The third kappa shape index (κ3) is 17.0. The van der Waals surface area contributed by atoms with E-state index >= 15 is 0 Å². The van der Waals surface area contributed by atoms with Gasteiger partial charge in [0.2, 0.25) is 0 Å². The molecule has 0 spiro atoms. The Morgan fingerprint density at radius 3 is 0.381 bits per heavy atom. The fourth-order valence-electron chi connectivity index (χ4n) is 19.2. The molecule has 0 saturated carbocycles. The Morgan fingerprint density at radius 1 is 0.167 bits per heavy atom. The van der Waals surface area contributed by atoms with E-state index in [1.807, 2.05) is 0 Å². The number of rotatable bonds is 25. The van der Waals surface area contributed by atoms with Gasteiger partial charge in [-0.3, -0.25) is 0 Å². The van der Waals surface area contributed by atoms with Crippen LogP contribution < -0.4 is 79.9 Å². The van der Waals surface area contributed by atoms with E-state index in [0.717, 1.165) is 152 Å². The molecule has 0 unspecified atom stereocenters. The molecule has 4 nitrogen and oxygen atoms in total. The first-order valence-electron chi connectivity index (χ1n) is 44.7. The van der Waals surface area contributed by atoms with Gasteiger partial charge >= 0.3 is 33.3 Å². The van der Waals surface area contributed by atoms with Crippen molar-refractivity contribution in [3.05, 3.63) is 479 Å². The fraction of sp³-hybridized carbons (Fsp3) is 0.186. The molecule has 16 aromatic carbocycles. The summed E-state index contributed by atoms with van der Waals surface area (Å²) < 4.78 is 34.1. The van der Waals surface area contributed by atoms with Crippen molar-refractivity contribution in [1.29, 1.82) is 0 Å². The quantitative estimate of drug-likeness (QED) is 0.0422. The minimum Gasteiger partial charge on any atom is -0.530 e. The van der Waals surface area contributed by atoms with Crippen molar-refractivity contribution < 1.29 is 17.7 Å². The van der Waals surface area contributed by atoms with E-state index in [1.165, 1.54) is 0 Å². The molecule has 0 aromatic heterocycles. The van der Waals surface area contributed by atoms with Crippen LogP contribution >= 0.6 is 0 Å². The predicted octanol–water partition coefficient (Wildman–Crippen LogP) is 21.3. The Morgan fingerprint density at radius 2 is 0.278 bits per heavy atom. The molecule has 630 valence electrons. The van der Waals surface area contributed by atoms with Crippen molar-refractivity contribution in [2.75, 3.05) is 0 Å². The second kappa shape index (κ2) is 35.9. The zero-order valence-electron chi connectivity index (χ0n) is 76.0. The third-order valence-corrected chi connectivity index (χ3v) is 41.2. The highest BCUT2D eigenvalue weighted by molar-refractivity contribution is 7.09. The average molecular weight is 1710 g/mol. The van der Waals surface area contributed by atoms with Gasteiger partial charge in [0.1, 0.15) is 23.0 Å². The minimum atomic E-state index is -3.44. The highest BCUT2D eigenvalue weighted by Gasteiger charge is 2.51. The molecule has 0 bridgehead atoms. The van der Waals surface area contributed by atoms with E-state index in [4.69, 9.17) is 17.7 Å². The first kappa shape index (κ1) is 87.1. The standard InChI is InChI=1S/C118H118O4Si4/c1-85-77-89(81-105(115(5,6)7)111(85)119-123(93-53-29-17-30-54-93,94-55-31-18-32-56-94)95-57-33-19-34-58-95)109(90-78-86(2)112(106(82-90)116(8,9)10)120-124(96-59-35-20-36-60-96,97-61-37-21-38-62-97)98-63-39-22-40-64-98)110(91-79-87(3)113(107(83-91)117(11,12)13)121-125(99-65-41-23-42-66-99,100-67-43-24-44-68-100)101-69-45-25-46-70-101)92-80-88(4)114(108(84-92)118(14,15)16)122-126(102-71-47-26-48-72-102,103-73-49-27-50-74-103)104-75-51-28-52-76-104/h17-84,109-110H,1-16H3. The molecule has 0 aliphatic carbocycles. The van der Waals surface area contributed by atoms with E-state index < -0.39 is 66.8 Å². The van der Waals surface area contributed by atoms with Crippen LogP contribution in [0.2, 0.25) is 0 Å². The van der Waals surface area contributed by atoms with E-state index in [-0.39, 0.29) is 0 Å². The number of hydrogen-bond donors (Lipinski definition) is 0. The van der Waals surface area contributed by atoms with Crippen LogP contribution in [0.15, 0.2) is 413 Å². The lowest BCUT2D eigenvalue weighted by Gasteiger charge is -2.40. The molecule has 0 heterocycles. The molecule has 0 saturated heterocycles. The van der Waals surface area contributed by atoms with E-state index in [9.17, 15) is 0 Å². The lowest BCUT2D eigenvalue weighted by atomic mass is 9.69. The predicted molar refractivity (Wildman–Crippen MR) is 542 cm³/mol. The van der Waals surface area contributed by atoms with Crippen molar-refractivity contribution in [2.45, 2.75) is 144 Å². The SMILES string of the molecule is Cc1cc(C(c2cc(C)c(O[Si](c3ccccc3)(c3ccccc3)c3ccccc3)c(C(C)(C)C)c2)C(c2cc(C)c(O[Si](c3ccccc3)(c3ccccc3)c3ccccc3)c(C(C)(C)C)c2)c2cc(C)c(O[Si](c3ccccc3)(c3ccccc3)c3ccccc3)c(C(C)(C)C)c2)cc(C(C)(C)C)c1O[Si](c1ccccc1)(c1ccccc1)c1ccccc1. The maximum absolute atomic E-state index is 8.51. The molecule has 0 fully saturated rings. The van der Waals surface area contributed by atoms with Crippen LogP contribution in [-0.2, 0) is 21.7 Å². The Kier molecular flexibility index (Phi) is 24.8. The summed E-state index contributed by atoms with van der Waals surface area (Å²) in [4.78, 5) is 0. The minimum absolute atomic E-state index is 0.428. The molecule has 0 N–H and O–H groups in total. The summed E-state index contributed by atoms with van der Waals surface area (Å²) in [7, 11) is -13.8. The third-order valence-electron chi connectivity index (χ3n) is 25.4. The van der Waals surface area contributed by atoms with Crippen LogP contribution in [0.4, 0.5) is 0 Å². The molecule has 0 aliphatic heterocycles. The molecular formula is C118H118O4Si4. The lowest BCUT2D eigenvalue weighted by Crippen LogP contribution is -2.71. The molecule has 16 rings (SSSR count). The van der Waals surface area contributed by atoms with Crippen LogP contribution in [0.1, 0.15) is 162 Å².